The third kappa shape index (κ3) is 3.20. The van der Waals surface area contributed by atoms with Crippen LogP contribution in [0.1, 0.15) is 51.8 Å². The van der Waals surface area contributed by atoms with Crippen LogP contribution in [0.2, 0.25) is 0 Å². The molecule has 0 aromatic carbocycles. The number of nitrogens with zero attached hydrogens (tertiary/aromatic N) is 3. The molecule has 1 saturated heterocycles. The Bertz CT molecular complexity index is 329. The van der Waals surface area contributed by atoms with Crippen LogP contribution in [0.15, 0.2) is 4.52 Å². The van der Waals surface area contributed by atoms with Crippen LogP contribution >= 0.6 is 0 Å². The maximum Gasteiger partial charge on any atom is 0.266 e. The Morgan fingerprint density at radius 1 is 1.24 bits per heavy atom. The molecule has 4 heteroatoms. The van der Waals surface area contributed by atoms with Gasteiger partial charge in [-0.3, -0.25) is 0 Å². The van der Waals surface area contributed by atoms with Gasteiger partial charge in [-0.2, -0.15) is 4.98 Å². The fourth-order valence-electron chi connectivity index (χ4n) is 2.52. The molecule has 0 bridgehead atoms. The number of hydrogen-bond acceptors (Lipinski definition) is 4. The van der Waals surface area contributed by atoms with Crippen molar-refractivity contribution in [1.29, 1.82) is 0 Å². The quantitative estimate of drug-likeness (QED) is 0.789. The Morgan fingerprint density at radius 2 is 2.00 bits per heavy atom. The van der Waals surface area contributed by atoms with Crippen molar-refractivity contribution in [3.05, 3.63) is 5.89 Å². The van der Waals surface area contributed by atoms with Gasteiger partial charge in [0, 0.05) is 19.5 Å². The normalized spacial score (nSPS) is 17.6. The number of piperidine rings is 1. The van der Waals surface area contributed by atoms with E-state index in [4.69, 9.17) is 4.52 Å². The molecule has 4 nitrogen and oxygen atoms in total. The fraction of sp³-hybridized carbons (Fsp3) is 0.846. The first-order valence-corrected chi connectivity index (χ1v) is 6.91. The van der Waals surface area contributed by atoms with Gasteiger partial charge in [0.1, 0.15) is 0 Å². The van der Waals surface area contributed by atoms with E-state index in [1.165, 1.54) is 25.7 Å². The highest BCUT2D eigenvalue weighted by Gasteiger charge is 2.21. The Balaban J connectivity index is 1.86. The van der Waals surface area contributed by atoms with E-state index < -0.39 is 0 Å². The van der Waals surface area contributed by atoms with Gasteiger partial charge in [-0.15, -0.1) is 0 Å². The zero-order valence-corrected chi connectivity index (χ0v) is 11.0. The molecule has 0 atom stereocenters. The van der Waals surface area contributed by atoms with Crippen LogP contribution in [0.3, 0.4) is 0 Å². The zero-order chi connectivity index (χ0) is 12.1. The third-order valence-electron chi connectivity index (χ3n) is 3.52. The summed E-state index contributed by atoms with van der Waals surface area (Å²) in [6.07, 6.45) is 7.14. The molecule has 0 spiro atoms. The lowest BCUT2D eigenvalue weighted by Gasteiger charge is -2.30. The maximum atomic E-state index is 5.23. The van der Waals surface area contributed by atoms with Gasteiger partial charge in [0.25, 0.3) is 5.95 Å². The summed E-state index contributed by atoms with van der Waals surface area (Å²) in [5.41, 5.74) is 0. The molecule has 1 fully saturated rings. The summed E-state index contributed by atoms with van der Waals surface area (Å²) in [6, 6.07) is 0. The minimum absolute atomic E-state index is 0.776. The standard InChI is InChI=1S/C13H23N3O/c1-3-5-11-7-9-16(10-8-11)13-14-12(6-4-2)17-15-13/h11H,3-10H2,1-2H3. The predicted molar refractivity (Wildman–Crippen MR) is 68.1 cm³/mol. The van der Waals surface area contributed by atoms with E-state index in [1.807, 2.05) is 0 Å². The molecule has 17 heavy (non-hydrogen) atoms. The minimum Gasteiger partial charge on any atom is -0.338 e. The molecule has 1 aromatic rings. The van der Waals surface area contributed by atoms with E-state index in [0.29, 0.717) is 0 Å². The molecular weight excluding hydrogens is 214 g/mol. The predicted octanol–water partition coefficient (Wildman–Crippen LogP) is 3.04. The average Bonchev–Trinajstić information content (AvgIpc) is 2.80. The van der Waals surface area contributed by atoms with E-state index in [-0.39, 0.29) is 0 Å². The average molecular weight is 237 g/mol. The SMILES string of the molecule is CCCc1nc(N2CCC(CCC)CC2)no1. The molecule has 0 unspecified atom stereocenters. The van der Waals surface area contributed by atoms with Crippen LogP contribution < -0.4 is 4.90 Å². The van der Waals surface area contributed by atoms with Gasteiger partial charge in [-0.1, -0.05) is 26.7 Å². The molecule has 1 aromatic heterocycles. The number of aromatic nitrogens is 2. The topological polar surface area (TPSA) is 42.2 Å². The van der Waals surface area contributed by atoms with Crippen LogP contribution in [0.25, 0.3) is 0 Å². The highest BCUT2D eigenvalue weighted by atomic mass is 16.5. The van der Waals surface area contributed by atoms with Crippen LogP contribution in [0.5, 0.6) is 0 Å². The van der Waals surface area contributed by atoms with Gasteiger partial charge in [-0.25, -0.2) is 0 Å². The molecule has 0 radical (unpaired) electrons. The van der Waals surface area contributed by atoms with Gasteiger partial charge < -0.3 is 9.42 Å². The molecule has 0 aliphatic carbocycles. The van der Waals surface area contributed by atoms with Crippen molar-refractivity contribution >= 4 is 5.95 Å². The van der Waals surface area contributed by atoms with Crippen molar-refractivity contribution in [2.45, 2.75) is 52.4 Å². The van der Waals surface area contributed by atoms with Crippen molar-refractivity contribution in [3.63, 3.8) is 0 Å². The van der Waals surface area contributed by atoms with Crippen molar-refractivity contribution in [3.8, 4) is 0 Å². The van der Waals surface area contributed by atoms with Gasteiger partial charge in [0.15, 0.2) is 0 Å². The smallest absolute Gasteiger partial charge is 0.266 e. The highest BCUT2D eigenvalue weighted by Crippen LogP contribution is 2.24. The Morgan fingerprint density at radius 3 is 2.65 bits per heavy atom. The molecule has 0 N–H and O–H groups in total. The van der Waals surface area contributed by atoms with Crippen molar-refractivity contribution < 1.29 is 4.52 Å². The lowest BCUT2D eigenvalue weighted by Crippen LogP contribution is -2.34. The van der Waals surface area contributed by atoms with E-state index in [9.17, 15) is 0 Å². The molecular formula is C13H23N3O. The lowest BCUT2D eigenvalue weighted by molar-refractivity contribution is 0.361. The van der Waals surface area contributed by atoms with Gasteiger partial charge in [0.2, 0.25) is 5.89 Å². The summed E-state index contributed by atoms with van der Waals surface area (Å²) in [5, 5.41) is 4.07. The van der Waals surface area contributed by atoms with Crippen LogP contribution in [0, 0.1) is 5.92 Å². The summed E-state index contributed by atoms with van der Waals surface area (Å²) < 4.78 is 5.23. The van der Waals surface area contributed by atoms with E-state index in [1.54, 1.807) is 0 Å². The lowest BCUT2D eigenvalue weighted by atomic mass is 9.93. The number of aryl methyl sites for hydroxylation is 1. The van der Waals surface area contributed by atoms with Crippen LogP contribution in [-0.2, 0) is 6.42 Å². The summed E-state index contributed by atoms with van der Waals surface area (Å²) >= 11 is 0. The first-order valence-electron chi connectivity index (χ1n) is 6.91. The number of anilines is 1. The Labute approximate surface area is 103 Å². The zero-order valence-electron chi connectivity index (χ0n) is 11.0. The van der Waals surface area contributed by atoms with Crippen molar-refractivity contribution in [2.24, 2.45) is 5.92 Å². The molecule has 2 rings (SSSR count). The van der Waals surface area contributed by atoms with Crippen molar-refractivity contribution in [1.82, 2.24) is 10.1 Å². The molecule has 96 valence electrons. The molecule has 1 aliphatic rings. The summed E-state index contributed by atoms with van der Waals surface area (Å²) in [6.45, 7) is 6.55. The Hall–Kier alpha value is -1.06. The largest absolute Gasteiger partial charge is 0.338 e. The molecule has 0 amide bonds. The second kappa shape index (κ2) is 6.03. The second-order valence-corrected chi connectivity index (χ2v) is 4.96. The third-order valence-corrected chi connectivity index (χ3v) is 3.52. The van der Waals surface area contributed by atoms with E-state index in [2.05, 4.69) is 28.9 Å². The van der Waals surface area contributed by atoms with E-state index >= 15 is 0 Å². The number of rotatable bonds is 5. The molecule has 2 heterocycles. The maximum absolute atomic E-state index is 5.23. The molecule has 1 aliphatic heterocycles. The van der Waals surface area contributed by atoms with Crippen LogP contribution in [0.4, 0.5) is 5.95 Å². The summed E-state index contributed by atoms with van der Waals surface area (Å²) in [7, 11) is 0. The summed E-state index contributed by atoms with van der Waals surface area (Å²) in [4.78, 5) is 6.70. The second-order valence-electron chi connectivity index (χ2n) is 4.96. The van der Waals surface area contributed by atoms with Gasteiger partial charge in [-0.05, 0) is 30.3 Å². The van der Waals surface area contributed by atoms with Crippen LogP contribution in [-0.4, -0.2) is 23.2 Å². The highest BCUT2D eigenvalue weighted by molar-refractivity contribution is 5.28. The monoisotopic (exact) mass is 237 g/mol. The Kier molecular flexibility index (Phi) is 4.40. The van der Waals surface area contributed by atoms with Gasteiger partial charge >= 0.3 is 0 Å². The first kappa shape index (κ1) is 12.4. The van der Waals surface area contributed by atoms with Gasteiger partial charge in [0.05, 0.1) is 0 Å². The fourth-order valence-corrected chi connectivity index (χ4v) is 2.52. The molecule has 0 saturated carbocycles. The van der Waals surface area contributed by atoms with E-state index in [0.717, 1.165) is 43.7 Å². The number of hydrogen-bond donors (Lipinski definition) is 0. The minimum atomic E-state index is 0.776. The first-order chi connectivity index (χ1) is 8.33. The summed E-state index contributed by atoms with van der Waals surface area (Å²) in [5.74, 6) is 2.47. The van der Waals surface area contributed by atoms with Crippen molar-refractivity contribution in [2.75, 3.05) is 18.0 Å².